The second kappa shape index (κ2) is 9.31. The smallest absolute Gasteiger partial charge is 0.338 e. The van der Waals surface area contributed by atoms with Gasteiger partial charge < -0.3 is 15.4 Å². The molecular weight excluding hydrogens is 362 g/mol. The van der Waals surface area contributed by atoms with E-state index in [1.807, 2.05) is 26.0 Å². The number of urea groups is 1. The molecule has 0 saturated heterocycles. The van der Waals surface area contributed by atoms with Crippen LogP contribution in [0, 0.1) is 13.8 Å². The first-order valence-corrected chi connectivity index (χ1v) is 8.47. The molecule has 0 heterocycles. The third-order valence-corrected chi connectivity index (χ3v) is 3.66. The summed E-state index contributed by atoms with van der Waals surface area (Å²) in [5.41, 5.74) is 3.23. The fraction of sp³-hybridized carbons (Fsp3) is 0.200. The van der Waals surface area contributed by atoms with Crippen molar-refractivity contribution >= 4 is 35.2 Å². The average molecular weight is 383 g/mol. The van der Waals surface area contributed by atoms with Gasteiger partial charge in [-0.15, -0.1) is 0 Å². The predicted octanol–water partition coefficient (Wildman–Crippen LogP) is 2.77. The van der Waals surface area contributed by atoms with Gasteiger partial charge in [0.15, 0.2) is 6.61 Å². The molecule has 8 nitrogen and oxygen atoms in total. The van der Waals surface area contributed by atoms with Crippen LogP contribution in [0.5, 0.6) is 0 Å². The van der Waals surface area contributed by atoms with Crippen molar-refractivity contribution in [1.82, 2.24) is 5.32 Å². The maximum absolute atomic E-state index is 11.9. The van der Waals surface area contributed by atoms with Gasteiger partial charge in [0.2, 0.25) is 5.91 Å². The SMILES string of the molecule is CC(=O)Nc1ccc(C(=O)OCC(=O)NC(=O)Nc2ccc(C)cc2C)cc1. The lowest BCUT2D eigenvalue weighted by molar-refractivity contribution is -0.123. The minimum absolute atomic E-state index is 0.210. The summed E-state index contributed by atoms with van der Waals surface area (Å²) >= 11 is 0. The first kappa shape index (κ1) is 20.6. The molecule has 0 bridgehead atoms. The van der Waals surface area contributed by atoms with Crippen LogP contribution in [-0.2, 0) is 14.3 Å². The van der Waals surface area contributed by atoms with E-state index in [-0.39, 0.29) is 11.5 Å². The van der Waals surface area contributed by atoms with Gasteiger partial charge in [-0.25, -0.2) is 9.59 Å². The molecule has 0 spiro atoms. The number of carbonyl (C=O) groups is 4. The first-order chi connectivity index (χ1) is 13.2. The number of rotatable bonds is 5. The fourth-order valence-electron chi connectivity index (χ4n) is 2.38. The Hall–Kier alpha value is -3.68. The largest absolute Gasteiger partial charge is 0.452 e. The minimum atomic E-state index is -0.759. The monoisotopic (exact) mass is 383 g/mol. The Kier molecular flexibility index (Phi) is 6.86. The molecule has 0 saturated carbocycles. The molecule has 2 aromatic rings. The molecule has 0 aliphatic carbocycles. The number of nitrogens with one attached hydrogen (secondary N) is 3. The molecule has 146 valence electrons. The molecule has 0 aliphatic heterocycles. The van der Waals surface area contributed by atoms with Crippen molar-refractivity contribution in [3.63, 3.8) is 0 Å². The van der Waals surface area contributed by atoms with Crippen molar-refractivity contribution in [1.29, 1.82) is 0 Å². The normalized spacial score (nSPS) is 9.96. The summed E-state index contributed by atoms with van der Waals surface area (Å²) < 4.78 is 4.88. The van der Waals surface area contributed by atoms with Gasteiger partial charge >= 0.3 is 12.0 Å². The van der Waals surface area contributed by atoms with E-state index in [9.17, 15) is 19.2 Å². The zero-order chi connectivity index (χ0) is 20.7. The number of anilines is 2. The molecular formula is C20H21N3O5. The van der Waals surface area contributed by atoms with Gasteiger partial charge in [0.25, 0.3) is 5.91 Å². The Morgan fingerprint density at radius 3 is 2.21 bits per heavy atom. The standard InChI is InChI=1S/C20H21N3O5/c1-12-4-9-17(13(2)10-12)22-20(27)23-18(25)11-28-19(26)15-5-7-16(8-6-15)21-14(3)24/h4-10H,11H2,1-3H3,(H,21,24)(H2,22,23,25,27). The summed E-state index contributed by atoms with van der Waals surface area (Å²) in [6, 6.07) is 10.7. The summed E-state index contributed by atoms with van der Waals surface area (Å²) in [5, 5.41) is 7.23. The molecule has 0 atom stereocenters. The lowest BCUT2D eigenvalue weighted by Gasteiger charge is -2.10. The third-order valence-electron chi connectivity index (χ3n) is 3.66. The van der Waals surface area contributed by atoms with Gasteiger partial charge in [0, 0.05) is 18.3 Å². The summed E-state index contributed by atoms with van der Waals surface area (Å²) in [4.78, 5) is 46.6. The number of hydrogen-bond donors (Lipinski definition) is 3. The second-order valence-corrected chi connectivity index (χ2v) is 6.16. The number of imide groups is 1. The zero-order valence-electron chi connectivity index (χ0n) is 15.8. The van der Waals surface area contributed by atoms with E-state index in [4.69, 9.17) is 4.74 Å². The van der Waals surface area contributed by atoms with Crippen LogP contribution in [0.15, 0.2) is 42.5 Å². The van der Waals surface area contributed by atoms with Crippen LogP contribution in [0.25, 0.3) is 0 Å². The summed E-state index contributed by atoms with van der Waals surface area (Å²) in [5.74, 6) is -1.71. The Morgan fingerprint density at radius 2 is 1.61 bits per heavy atom. The average Bonchev–Trinajstić information content (AvgIpc) is 2.62. The van der Waals surface area contributed by atoms with E-state index in [0.717, 1.165) is 11.1 Å². The van der Waals surface area contributed by atoms with E-state index in [2.05, 4.69) is 16.0 Å². The third kappa shape index (κ3) is 6.24. The second-order valence-electron chi connectivity index (χ2n) is 6.16. The molecule has 28 heavy (non-hydrogen) atoms. The van der Waals surface area contributed by atoms with Crippen molar-refractivity contribution in [2.45, 2.75) is 20.8 Å². The van der Waals surface area contributed by atoms with Crippen LogP contribution in [-0.4, -0.2) is 30.4 Å². The summed E-state index contributed by atoms with van der Waals surface area (Å²) in [6.45, 7) is 4.54. The number of carbonyl (C=O) groups excluding carboxylic acids is 4. The summed E-state index contributed by atoms with van der Waals surface area (Å²) in [6.07, 6.45) is 0. The number of ether oxygens (including phenoxy) is 1. The Labute approximate surface area is 162 Å². The van der Waals surface area contributed by atoms with Gasteiger partial charge in [0.05, 0.1) is 5.56 Å². The molecule has 3 N–H and O–H groups in total. The molecule has 0 fully saturated rings. The van der Waals surface area contributed by atoms with Gasteiger partial charge in [-0.05, 0) is 49.7 Å². The minimum Gasteiger partial charge on any atom is -0.452 e. The first-order valence-electron chi connectivity index (χ1n) is 8.47. The van der Waals surface area contributed by atoms with E-state index < -0.39 is 24.5 Å². The van der Waals surface area contributed by atoms with Crippen LogP contribution >= 0.6 is 0 Å². The quantitative estimate of drug-likeness (QED) is 0.687. The van der Waals surface area contributed by atoms with E-state index in [1.165, 1.54) is 31.2 Å². The highest BCUT2D eigenvalue weighted by Gasteiger charge is 2.13. The van der Waals surface area contributed by atoms with Crippen LogP contribution in [0.3, 0.4) is 0 Å². The highest BCUT2D eigenvalue weighted by molar-refractivity contribution is 6.02. The van der Waals surface area contributed by atoms with Gasteiger partial charge in [-0.3, -0.25) is 14.9 Å². The number of esters is 1. The number of benzene rings is 2. The van der Waals surface area contributed by atoms with Crippen molar-refractivity contribution in [3.8, 4) is 0 Å². The number of amides is 4. The topological polar surface area (TPSA) is 114 Å². The van der Waals surface area contributed by atoms with Crippen LogP contribution in [0.1, 0.15) is 28.4 Å². The van der Waals surface area contributed by atoms with Crippen molar-refractivity contribution < 1.29 is 23.9 Å². The van der Waals surface area contributed by atoms with Crippen LogP contribution in [0.4, 0.5) is 16.2 Å². The highest BCUT2D eigenvalue weighted by atomic mass is 16.5. The molecule has 0 radical (unpaired) electrons. The maximum Gasteiger partial charge on any atom is 0.338 e. The molecule has 8 heteroatoms. The molecule has 4 amide bonds. The fourth-order valence-corrected chi connectivity index (χ4v) is 2.38. The molecule has 0 unspecified atom stereocenters. The van der Waals surface area contributed by atoms with E-state index in [0.29, 0.717) is 11.4 Å². The molecule has 0 aliphatic rings. The Bertz CT molecular complexity index is 907. The zero-order valence-corrected chi connectivity index (χ0v) is 15.8. The van der Waals surface area contributed by atoms with Crippen molar-refractivity contribution in [2.75, 3.05) is 17.2 Å². The Morgan fingerprint density at radius 1 is 0.929 bits per heavy atom. The predicted molar refractivity (Wildman–Crippen MR) is 104 cm³/mol. The Balaban J connectivity index is 1.81. The van der Waals surface area contributed by atoms with E-state index >= 15 is 0 Å². The lowest BCUT2D eigenvalue weighted by Crippen LogP contribution is -2.37. The van der Waals surface area contributed by atoms with Crippen molar-refractivity contribution in [2.24, 2.45) is 0 Å². The number of aryl methyl sites for hydroxylation is 2. The van der Waals surface area contributed by atoms with Gasteiger partial charge in [0.1, 0.15) is 0 Å². The molecule has 0 aromatic heterocycles. The molecule has 2 aromatic carbocycles. The van der Waals surface area contributed by atoms with Crippen LogP contribution < -0.4 is 16.0 Å². The lowest BCUT2D eigenvalue weighted by atomic mass is 10.1. The van der Waals surface area contributed by atoms with Crippen LogP contribution in [0.2, 0.25) is 0 Å². The highest BCUT2D eigenvalue weighted by Crippen LogP contribution is 2.15. The summed E-state index contributed by atoms with van der Waals surface area (Å²) in [7, 11) is 0. The van der Waals surface area contributed by atoms with Crippen molar-refractivity contribution in [3.05, 3.63) is 59.2 Å². The van der Waals surface area contributed by atoms with Gasteiger partial charge in [-0.1, -0.05) is 17.7 Å². The van der Waals surface area contributed by atoms with E-state index in [1.54, 1.807) is 6.07 Å². The maximum atomic E-state index is 11.9. The number of hydrogen-bond acceptors (Lipinski definition) is 5. The van der Waals surface area contributed by atoms with Gasteiger partial charge in [-0.2, -0.15) is 0 Å². The molecule has 2 rings (SSSR count).